The first-order valence-electron chi connectivity index (χ1n) is 8.45. The molecule has 0 saturated heterocycles. The molecule has 2 nitrogen and oxygen atoms in total. The van der Waals surface area contributed by atoms with Crippen LogP contribution in [-0.2, 0) is 19.3 Å². The molecule has 0 unspecified atom stereocenters. The van der Waals surface area contributed by atoms with Gasteiger partial charge >= 0.3 is 0 Å². The number of pyridine rings is 2. The number of hydrogen-bond donors (Lipinski definition) is 0. The minimum atomic E-state index is 1.03. The molecule has 3 aromatic rings. The largest absolute Gasteiger partial charge is 0.260 e. The van der Waals surface area contributed by atoms with Crippen LogP contribution in [0.4, 0.5) is 0 Å². The molecule has 2 aromatic heterocycles. The van der Waals surface area contributed by atoms with Crippen LogP contribution in [0.25, 0.3) is 22.4 Å². The number of aromatic nitrogens is 2. The summed E-state index contributed by atoms with van der Waals surface area (Å²) in [6.07, 6.45) is 9.93. The van der Waals surface area contributed by atoms with E-state index < -0.39 is 0 Å². The van der Waals surface area contributed by atoms with Gasteiger partial charge in [-0.3, -0.25) is 9.97 Å². The lowest BCUT2D eigenvalue weighted by atomic mass is 9.90. The summed E-state index contributed by atoms with van der Waals surface area (Å²) in [5.74, 6) is 0. The number of aryl methyl sites for hydroxylation is 1. The molecule has 0 aliphatic heterocycles. The van der Waals surface area contributed by atoms with Gasteiger partial charge in [-0.25, -0.2) is 0 Å². The fourth-order valence-electron chi connectivity index (χ4n) is 4.14. The van der Waals surface area contributed by atoms with E-state index in [-0.39, 0.29) is 0 Å². The molecular weight excluding hydrogens is 280 g/mol. The maximum Gasteiger partial charge on any atom is 0.0705 e. The topological polar surface area (TPSA) is 25.8 Å². The zero-order valence-electron chi connectivity index (χ0n) is 13.0. The third kappa shape index (κ3) is 1.94. The second-order valence-electron chi connectivity index (χ2n) is 6.51. The Hall–Kier alpha value is -2.48. The number of fused-ring (bicyclic) bond motifs is 5. The fourth-order valence-corrected chi connectivity index (χ4v) is 4.14. The van der Waals surface area contributed by atoms with Crippen molar-refractivity contribution in [3.63, 3.8) is 0 Å². The Morgan fingerprint density at radius 3 is 2.52 bits per heavy atom. The molecule has 23 heavy (non-hydrogen) atoms. The molecular formula is C21H18N2. The van der Waals surface area contributed by atoms with Gasteiger partial charge in [0, 0.05) is 29.2 Å². The Labute approximate surface area is 136 Å². The molecule has 1 aromatic carbocycles. The molecule has 2 heterocycles. The zero-order chi connectivity index (χ0) is 15.2. The molecule has 0 spiro atoms. The highest BCUT2D eigenvalue weighted by Gasteiger charge is 2.27. The minimum Gasteiger partial charge on any atom is -0.260 e. The maximum absolute atomic E-state index is 4.78. The van der Waals surface area contributed by atoms with E-state index in [1.807, 2.05) is 12.3 Å². The lowest BCUT2D eigenvalue weighted by Gasteiger charge is -2.18. The molecule has 2 heteroatoms. The van der Waals surface area contributed by atoms with Gasteiger partial charge in [0.15, 0.2) is 0 Å². The van der Waals surface area contributed by atoms with Gasteiger partial charge in [-0.05, 0) is 66.5 Å². The van der Waals surface area contributed by atoms with E-state index in [9.17, 15) is 0 Å². The third-order valence-electron chi connectivity index (χ3n) is 5.24. The van der Waals surface area contributed by atoms with Crippen LogP contribution in [0.5, 0.6) is 0 Å². The Kier molecular flexibility index (Phi) is 2.84. The molecule has 0 saturated carbocycles. The van der Waals surface area contributed by atoms with E-state index in [0.717, 1.165) is 18.5 Å². The summed E-state index contributed by atoms with van der Waals surface area (Å²) in [6, 6.07) is 12.7. The van der Waals surface area contributed by atoms with Crippen LogP contribution in [0, 0.1) is 0 Å². The average Bonchev–Trinajstić information content (AvgIpc) is 3.01. The molecule has 112 valence electrons. The average molecular weight is 298 g/mol. The summed E-state index contributed by atoms with van der Waals surface area (Å²) in [7, 11) is 0. The standard InChI is InChI=1S/C21H18N2/c1-2-9-21-15(6-1)18-12-17-14(19(18)13-23-21)7-5-8-16(17)20-10-3-4-11-22-20/h3-5,7-8,10-11,13H,1-2,6,9,12H2. The number of hydrogen-bond acceptors (Lipinski definition) is 2. The van der Waals surface area contributed by atoms with Gasteiger partial charge in [0.2, 0.25) is 0 Å². The van der Waals surface area contributed by atoms with Crippen LogP contribution in [0.2, 0.25) is 0 Å². The van der Waals surface area contributed by atoms with Crippen molar-refractivity contribution in [1.29, 1.82) is 0 Å². The quantitative estimate of drug-likeness (QED) is 0.513. The smallest absolute Gasteiger partial charge is 0.0705 e. The summed E-state index contributed by atoms with van der Waals surface area (Å²) >= 11 is 0. The molecule has 0 N–H and O–H groups in total. The van der Waals surface area contributed by atoms with Crippen molar-refractivity contribution in [2.75, 3.05) is 0 Å². The first-order chi connectivity index (χ1) is 11.4. The highest BCUT2D eigenvalue weighted by atomic mass is 14.7. The first-order valence-corrected chi connectivity index (χ1v) is 8.45. The molecule has 0 bridgehead atoms. The predicted molar refractivity (Wildman–Crippen MR) is 92.4 cm³/mol. The molecule has 2 aliphatic rings. The van der Waals surface area contributed by atoms with Crippen LogP contribution < -0.4 is 0 Å². The first kappa shape index (κ1) is 13.0. The third-order valence-corrected chi connectivity index (χ3v) is 5.24. The molecule has 2 aliphatic carbocycles. The summed E-state index contributed by atoms with van der Waals surface area (Å²) in [4.78, 5) is 9.34. The number of nitrogens with zero attached hydrogens (tertiary/aromatic N) is 2. The van der Waals surface area contributed by atoms with Gasteiger partial charge in [0.1, 0.15) is 0 Å². The van der Waals surface area contributed by atoms with Crippen molar-refractivity contribution in [3.8, 4) is 22.4 Å². The highest BCUT2D eigenvalue weighted by molar-refractivity contribution is 5.84. The lowest BCUT2D eigenvalue weighted by Crippen LogP contribution is -2.08. The van der Waals surface area contributed by atoms with Gasteiger partial charge in [0.25, 0.3) is 0 Å². The van der Waals surface area contributed by atoms with Crippen molar-refractivity contribution in [3.05, 3.63) is 71.2 Å². The summed E-state index contributed by atoms with van der Waals surface area (Å²) < 4.78 is 0. The van der Waals surface area contributed by atoms with E-state index in [1.165, 1.54) is 58.3 Å². The number of rotatable bonds is 1. The van der Waals surface area contributed by atoms with Crippen LogP contribution in [-0.4, -0.2) is 9.97 Å². The summed E-state index contributed by atoms with van der Waals surface area (Å²) in [5.41, 5.74) is 10.8. The van der Waals surface area contributed by atoms with Crippen LogP contribution >= 0.6 is 0 Å². The van der Waals surface area contributed by atoms with E-state index in [2.05, 4.69) is 41.5 Å². The van der Waals surface area contributed by atoms with E-state index in [4.69, 9.17) is 4.98 Å². The molecule has 0 amide bonds. The van der Waals surface area contributed by atoms with Crippen LogP contribution in [0.15, 0.2) is 48.8 Å². The summed E-state index contributed by atoms with van der Waals surface area (Å²) in [6.45, 7) is 0. The fraction of sp³-hybridized carbons (Fsp3) is 0.238. The van der Waals surface area contributed by atoms with E-state index in [1.54, 1.807) is 0 Å². The lowest BCUT2D eigenvalue weighted by molar-refractivity contribution is 0.663. The van der Waals surface area contributed by atoms with Gasteiger partial charge in [-0.1, -0.05) is 24.3 Å². The second kappa shape index (κ2) is 5.02. The second-order valence-corrected chi connectivity index (χ2v) is 6.51. The Bertz CT molecular complexity index is 897. The Morgan fingerprint density at radius 2 is 1.61 bits per heavy atom. The Morgan fingerprint density at radius 1 is 0.696 bits per heavy atom. The van der Waals surface area contributed by atoms with Gasteiger partial charge < -0.3 is 0 Å². The molecule has 5 rings (SSSR count). The van der Waals surface area contributed by atoms with Crippen molar-refractivity contribution in [2.24, 2.45) is 0 Å². The van der Waals surface area contributed by atoms with Crippen molar-refractivity contribution in [1.82, 2.24) is 9.97 Å². The summed E-state index contributed by atoms with van der Waals surface area (Å²) in [5, 5.41) is 0. The van der Waals surface area contributed by atoms with Gasteiger partial charge in [-0.2, -0.15) is 0 Å². The van der Waals surface area contributed by atoms with E-state index >= 15 is 0 Å². The van der Waals surface area contributed by atoms with Crippen molar-refractivity contribution < 1.29 is 0 Å². The van der Waals surface area contributed by atoms with Gasteiger partial charge in [-0.15, -0.1) is 0 Å². The maximum atomic E-state index is 4.78. The van der Waals surface area contributed by atoms with Gasteiger partial charge in [0.05, 0.1) is 5.69 Å². The monoisotopic (exact) mass is 298 g/mol. The zero-order valence-corrected chi connectivity index (χ0v) is 13.0. The van der Waals surface area contributed by atoms with Crippen LogP contribution in [0.3, 0.4) is 0 Å². The predicted octanol–water partition coefficient (Wildman–Crippen LogP) is 4.59. The van der Waals surface area contributed by atoms with E-state index in [0.29, 0.717) is 0 Å². The minimum absolute atomic E-state index is 1.03. The van der Waals surface area contributed by atoms with Crippen molar-refractivity contribution >= 4 is 0 Å². The SMILES string of the molecule is c1ccc(-c2cccc3c2Cc2c-3cnc3c2CCCC3)nc1. The Balaban J connectivity index is 1.70. The van der Waals surface area contributed by atoms with Crippen LogP contribution in [0.1, 0.15) is 35.2 Å². The molecule has 0 atom stereocenters. The molecule has 0 radical (unpaired) electrons. The highest BCUT2D eigenvalue weighted by Crippen LogP contribution is 2.43. The molecule has 0 fully saturated rings. The van der Waals surface area contributed by atoms with Crippen molar-refractivity contribution in [2.45, 2.75) is 32.1 Å². The normalized spacial score (nSPS) is 15.0. The number of benzene rings is 1.